The van der Waals surface area contributed by atoms with Gasteiger partial charge in [0, 0.05) is 18.7 Å². The highest BCUT2D eigenvalue weighted by Crippen LogP contribution is 2.27. The molecule has 1 N–H and O–H groups in total. The Morgan fingerprint density at radius 1 is 1.14 bits per heavy atom. The molecule has 2 aromatic carbocycles. The van der Waals surface area contributed by atoms with Crippen LogP contribution in [0, 0.1) is 5.92 Å². The fraction of sp³-hybridized carbons (Fsp3) is 0.250. The van der Waals surface area contributed by atoms with E-state index >= 15 is 0 Å². The molecule has 9 nitrogen and oxygen atoms in total. The number of tetrazole rings is 1. The van der Waals surface area contributed by atoms with E-state index in [0.29, 0.717) is 18.1 Å². The Morgan fingerprint density at radius 2 is 1.90 bits per heavy atom. The molecule has 0 bridgehead atoms. The van der Waals surface area contributed by atoms with E-state index in [4.69, 9.17) is 4.74 Å². The van der Waals surface area contributed by atoms with Gasteiger partial charge in [0.1, 0.15) is 5.75 Å². The minimum Gasteiger partial charge on any atom is -0.497 e. The van der Waals surface area contributed by atoms with Crippen molar-refractivity contribution in [1.82, 2.24) is 25.5 Å². The van der Waals surface area contributed by atoms with Crippen LogP contribution < -0.4 is 15.0 Å². The van der Waals surface area contributed by atoms with Crippen LogP contribution >= 0.6 is 0 Å². The zero-order valence-corrected chi connectivity index (χ0v) is 15.9. The molecule has 1 fully saturated rings. The lowest BCUT2D eigenvalue weighted by molar-refractivity contribution is -0.126. The predicted octanol–water partition coefficient (Wildman–Crippen LogP) is 1.34. The largest absolute Gasteiger partial charge is 0.497 e. The number of benzene rings is 2. The lowest BCUT2D eigenvalue weighted by atomic mass is 10.1. The maximum absolute atomic E-state index is 12.6. The van der Waals surface area contributed by atoms with Gasteiger partial charge in [-0.25, -0.2) is 0 Å². The first-order chi connectivity index (χ1) is 14.2. The molecule has 2 heterocycles. The fourth-order valence-corrected chi connectivity index (χ4v) is 3.29. The molecule has 4 rings (SSSR count). The van der Waals surface area contributed by atoms with Gasteiger partial charge in [0.15, 0.2) is 5.82 Å². The molecule has 1 aliphatic rings. The average Bonchev–Trinajstić information content (AvgIpc) is 3.39. The number of amides is 2. The highest BCUT2D eigenvalue weighted by molar-refractivity contribution is 6.00. The van der Waals surface area contributed by atoms with Crippen molar-refractivity contribution in [3.05, 3.63) is 60.4 Å². The third-order valence-electron chi connectivity index (χ3n) is 4.84. The molecule has 0 radical (unpaired) electrons. The Hall–Kier alpha value is -3.75. The van der Waals surface area contributed by atoms with Crippen LogP contribution in [-0.2, 0) is 16.1 Å². The summed E-state index contributed by atoms with van der Waals surface area (Å²) in [6.45, 7) is 0.509. The number of ether oxygens (including phenoxy) is 1. The van der Waals surface area contributed by atoms with E-state index in [2.05, 4.69) is 20.8 Å². The molecule has 1 unspecified atom stereocenters. The number of hydrogen-bond acceptors (Lipinski definition) is 6. The summed E-state index contributed by atoms with van der Waals surface area (Å²) in [5.74, 6) is 0.527. The van der Waals surface area contributed by atoms with Crippen LogP contribution in [0.4, 0.5) is 5.69 Å². The van der Waals surface area contributed by atoms with Gasteiger partial charge in [-0.1, -0.05) is 18.2 Å². The van der Waals surface area contributed by atoms with Crippen molar-refractivity contribution < 1.29 is 14.3 Å². The van der Waals surface area contributed by atoms with Gasteiger partial charge in [-0.2, -0.15) is 4.68 Å². The molecule has 1 saturated heterocycles. The number of nitrogens with one attached hydrogen (secondary N) is 1. The molecule has 3 aromatic rings. The first-order valence-corrected chi connectivity index (χ1v) is 9.20. The zero-order valence-electron chi connectivity index (χ0n) is 15.9. The highest BCUT2D eigenvalue weighted by Gasteiger charge is 2.35. The third kappa shape index (κ3) is 3.93. The number of rotatable bonds is 6. The highest BCUT2D eigenvalue weighted by atomic mass is 16.5. The van der Waals surface area contributed by atoms with Crippen LogP contribution in [-0.4, -0.2) is 45.7 Å². The van der Waals surface area contributed by atoms with Crippen LogP contribution in [0.5, 0.6) is 5.75 Å². The topological polar surface area (TPSA) is 102 Å². The summed E-state index contributed by atoms with van der Waals surface area (Å²) in [7, 11) is 1.59. The van der Waals surface area contributed by atoms with Gasteiger partial charge in [0.25, 0.3) is 0 Å². The Bertz CT molecular complexity index is 1000. The molecule has 9 heteroatoms. The number of anilines is 1. The van der Waals surface area contributed by atoms with E-state index in [1.807, 2.05) is 42.5 Å². The summed E-state index contributed by atoms with van der Waals surface area (Å²) in [5.41, 5.74) is 1.56. The summed E-state index contributed by atoms with van der Waals surface area (Å²) in [6.07, 6.45) is 0.168. The third-order valence-corrected chi connectivity index (χ3v) is 4.84. The summed E-state index contributed by atoms with van der Waals surface area (Å²) in [5, 5.41) is 14.5. The molecule has 1 aromatic heterocycles. The van der Waals surface area contributed by atoms with Crippen molar-refractivity contribution >= 4 is 17.5 Å². The van der Waals surface area contributed by atoms with Gasteiger partial charge in [-0.15, -0.1) is 5.10 Å². The van der Waals surface area contributed by atoms with E-state index < -0.39 is 5.92 Å². The first-order valence-electron chi connectivity index (χ1n) is 9.20. The van der Waals surface area contributed by atoms with Crippen molar-refractivity contribution in [2.45, 2.75) is 13.0 Å². The summed E-state index contributed by atoms with van der Waals surface area (Å²) in [6, 6.07) is 16.6. The zero-order chi connectivity index (χ0) is 20.2. The Kier molecular flexibility index (Phi) is 5.19. The second-order valence-corrected chi connectivity index (χ2v) is 6.66. The van der Waals surface area contributed by atoms with E-state index in [1.54, 1.807) is 28.8 Å². The average molecular weight is 392 g/mol. The van der Waals surface area contributed by atoms with E-state index in [9.17, 15) is 9.59 Å². The fourth-order valence-electron chi connectivity index (χ4n) is 3.29. The molecule has 0 saturated carbocycles. The summed E-state index contributed by atoms with van der Waals surface area (Å²) in [4.78, 5) is 26.6. The normalized spacial score (nSPS) is 16.1. The number of para-hydroxylation sites is 1. The van der Waals surface area contributed by atoms with Crippen molar-refractivity contribution in [2.24, 2.45) is 5.92 Å². The monoisotopic (exact) mass is 392 g/mol. The van der Waals surface area contributed by atoms with Crippen LogP contribution in [0.15, 0.2) is 54.6 Å². The smallest absolute Gasteiger partial charge is 0.227 e. The van der Waals surface area contributed by atoms with Gasteiger partial charge in [-0.3, -0.25) is 9.59 Å². The molecule has 148 valence electrons. The molecule has 29 heavy (non-hydrogen) atoms. The molecular weight excluding hydrogens is 372 g/mol. The lowest BCUT2D eigenvalue weighted by Gasteiger charge is -2.17. The van der Waals surface area contributed by atoms with Crippen LogP contribution in [0.2, 0.25) is 0 Å². The standard InChI is InChI=1S/C20H20N6O3/c1-29-17-9-7-15(8-10-17)25-13-14(11-19(25)27)20(28)21-12-18-22-23-24-26(18)16-5-3-2-4-6-16/h2-10,14H,11-13H2,1H3,(H,21,28). The van der Waals surface area contributed by atoms with E-state index in [0.717, 1.165) is 11.4 Å². The maximum atomic E-state index is 12.6. The number of carbonyl (C=O) groups is 2. The Morgan fingerprint density at radius 3 is 2.62 bits per heavy atom. The van der Waals surface area contributed by atoms with E-state index in [-0.39, 0.29) is 24.8 Å². The molecule has 0 aliphatic carbocycles. The van der Waals surface area contributed by atoms with Crippen LogP contribution in [0.3, 0.4) is 0 Å². The van der Waals surface area contributed by atoms with Crippen molar-refractivity contribution in [1.29, 1.82) is 0 Å². The van der Waals surface area contributed by atoms with Crippen molar-refractivity contribution in [3.8, 4) is 11.4 Å². The SMILES string of the molecule is COc1ccc(N2CC(C(=O)NCc3nnnn3-c3ccccc3)CC2=O)cc1. The molecule has 2 amide bonds. The van der Waals surface area contributed by atoms with Gasteiger partial charge in [0.05, 0.1) is 25.3 Å². The maximum Gasteiger partial charge on any atom is 0.227 e. The lowest BCUT2D eigenvalue weighted by Crippen LogP contribution is -2.33. The number of carbonyl (C=O) groups excluding carboxylic acids is 2. The van der Waals surface area contributed by atoms with Crippen LogP contribution in [0.25, 0.3) is 5.69 Å². The first kappa shape index (κ1) is 18.6. The Labute approximate surface area is 167 Å². The van der Waals surface area contributed by atoms with Crippen molar-refractivity contribution in [3.63, 3.8) is 0 Å². The van der Waals surface area contributed by atoms with Gasteiger partial charge < -0.3 is 15.0 Å². The van der Waals surface area contributed by atoms with Crippen LogP contribution in [0.1, 0.15) is 12.2 Å². The van der Waals surface area contributed by atoms with Gasteiger partial charge >= 0.3 is 0 Å². The number of hydrogen-bond donors (Lipinski definition) is 1. The predicted molar refractivity (Wildman–Crippen MR) is 104 cm³/mol. The number of nitrogens with zero attached hydrogens (tertiary/aromatic N) is 5. The number of methoxy groups -OCH3 is 1. The van der Waals surface area contributed by atoms with E-state index in [1.165, 1.54) is 0 Å². The molecule has 0 spiro atoms. The number of aromatic nitrogens is 4. The van der Waals surface area contributed by atoms with Gasteiger partial charge in [-0.05, 0) is 46.8 Å². The second-order valence-electron chi connectivity index (χ2n) is 6.66. The molecular formula is C20H20N6O3. The Balaban J connectivity index is 1.39. The molecule has 1 atom stereocenters. The molecule has 1 aliphatic heterocycles. The quantitative estimate of drug-likeness (QED) is 0.679. The minimum absolute atomic E-state index is 0.0792. The summed E-state index contributed by atoms with van der Waals surface area (Å²) >= 11 is 0. The second kappa shape index (κ2) is 8.09. The summed E-state index contributed by atoms with van der Waals surface area (Å²) < 4.78 is 6.71. The minimum atomic E-state index is -0.425. The van der Waals surface area contributed by atoms with Gasteiger partial charge in [0.2, 0.25) is 11.8 Å². The van der Waals surface area contributed by atoms with Crippen molar-refractivity contribution in [2.75, 3.05) is 18.6 Å².